The number of quaternary nitrogens is 1. The van der Waals surface area contributed by atoms with Crippen LogP contribution in [0.15, 0.2) is 0 Å². The molecule has 1 N–H and O–H groups in total. The van der Waals surface area contributed by atoms with Crippen LogP contribution in [0.2, 0.25) is 0 Å². The van der Waals surface area contributed by atoms with Crippen LogP contribution in [-0.2, 0) is 10.3 Å². The van der Waals surface area contributed by atoms with Gasteiger partial charge in [0.05, 0.1) is 13.1 Å². The Hall–Kier alpha value is -0.570. The van der Waals surface area contributed by atoms with E-state index < -0.39 is 14.2 Å². The molecule has 0 spiro atoms. The molecule has 0 aromatic carbocycles. The first kappa shape index (κ1) is 11.4. The van der Waals surface area contributed by atoms with Gasteiger partial charge in [0.1, 0.15) is 0 Å². The zero-order chi connectivity index (χ0) is 9.83. The molecule has 0 fully saturated rings. The van der Waals surface area contributed by atoms with E-state index in [2.05, 4.69) is 5.92 Å². The summed E-state index contributed by atoms with van der Waals surface area (Å²) in [6, 6.07) is 0. The highest BCUT2D eigenvalue weighted by Gasteiger charge is 2.36. The van der Waals surface area contributed by atoms with E-state index in [0.717, 1.165) is 0 Å². The molecule has 0 aromatic heterocycles. The largest absolute Gasteiger partial charge is 0.433 e. The van der Waals surface area contributed by atoms with Gasteiger partial charge in [0.2, 0.25) is 0 Å². The standard InChI is InChI=1S/C7H13NO3S/c1-4-7-8(5-2,6-3)12(9,10)11/h1H,5-7H2,2-3H3/p+1. The first-order valence-corrected chi connectivity index (χ1v) is 5.10. The van der Waals surface area contributed by atoms with Crippen LogP contribution in [-0.4, -0.2) is 36.5 Å². The van der Waals surface area contributed by atoms with Crippen LogP contribution in [0.3, 0.4) is 0 Å². The maximum Gasteiger partial charge on any atom is 0.433 e. The summed E-state index contributed by atoms with van der Waals surface area (Å²) in [4.78, 5) is 0. The summed E-state index contributed by atoms with van der Waals surface area (Å²) in [7, 11) is -4.09. The molecule has 0 aliphatic carbocycles. The van der Waals surface area contributed by atoms with E-state index in [1.54, 1.807) is 13.8 Å². The van der Waals surface area contributed by atoms with Gasteiger partial charge >= 0.3 is 10.3 Å². The molecule has 0 heterocycles. The fourth-order valence-corrected chi connectivity index (χ4v) is 1.91. The lowest BCUT2D eigenvalue weighted by Crippen LogP contribution is -2.52. The fourth-order valence-electron chi connectivity index (χ4n) is 1.02. The Kier molecular flexibility index (Phi) is 3.71. The average molecular weight is 192 g/mol. The Morgan fingerprint density at radius 2 is 1.83 bits per heavy atom. The van der Waals surface area contributed by atoms with Crippen LogP contribution in [0.4, 0.5) is 0 Å². The molecule has 0 saturated heterocycles. The number of nitrogens with zero attached hydrogens (tertiary/aromatic N) is 1. The lowest BCUT2D eigenvalue weighted by Gasteiger charge is -2.29. The Morgan fingerprint density at radius 1 is 1.42 bits per heavy atom. The number of hydrogen-bond acceptors (Lipinski definition) is 2. The predicted octanol–water partition coefficient (Wildman–Crippen LogP) is 0.279. The third-order valence-electron chi connectivity index (χ3n) is 2.02. The summed E-state index contributed by atoms with van der Waals surface area (Å²) < 4.78 is 30.3. The molecule has 5 heteroatoms. The van der Waals surface area contributed by atoms with Gasteiger partial charge in [0, 0.05) is 0 Å². The van der Waals surface area contributed by atoms with Crippen molar-refractivity contribution in [1.82, 2.24) is 0 Å². The lowest BCUT2D eigenvalue weighted by molar-refractivity contribution is -0.799. The second kappa shape index (κ2) is 3.90. The Balaban J connectivity index is 5.00. The fraction of sp³-hybridized carbons (Fsp3) is 0.714. The Morgan fingerprint density at radius 3 is 1.92 bits per heavy atom. The molecule has 0 aliphatic rings. The van der Waals surface area contributed by atoms with Gasteiger partial charge in [-0.15, -0.1) is 14.8 Å². The topological polar surface area (TPSA) is 54.4 Å². The minimum atomic E-state index is -4.09. The van der Waals surface area contributed by atoms with Crippen molar-refractivity contribution in [3.8, 4) is 12.3 Å². The maximum atomic E-state index is 10.9. The lowest BCUT2D eigenvalue weighted by atomic mass is 10.5. The highest BCUT2D eigenvalue weighted by molar-refractivity contribution is 7.80. The van der Waals surface area contributed by atoms with Gasteiger partial charge in [-0.3, -0.25) is 0 Å². The molecular weight excluding hydrogens is 178 g/mol. The minimum absolute atomic E-state index is 0.00579. The van der Waals surface area contributed by atoms with Gasteiger partial charge < -0.3 is 0 Å². The van der Waals surface area contributed by atoms with Crippen LogP contribution in [0.5, 0.6) is 0 Å². The molecular formula is C7H14NO3S+. The van der Waals surface area contributed by atoms with Gasteiger partial charge in [0.15, 0.2) is 6.54 Å². The van der Waals surface area contributed by atoms with Gasteiger partial charge in [-0.25, -0.2) is 4.55 Å². The van der Waals surface area contributed by atoms with Gasteiger partial charge in [-0.1, -0.05) is 0 Å². The van der Waals surface area contributed by atoms with Crippen LogP contribution >= 0.6 is 0 Å². The summed E-state index contributed by atoms with van der Waals surface area (Å²) >= 11 is 0. The van der Waals surface area contributed by atoms with Crippen LogP contribution in [0.1, 0.15) is 13.8 Å². The van der Waals surface area contributed by atoms with Gasteiger partial charge in [-0.05, 0) is 19.8 Å². The molecule has 0 radical (unpaired) electrons. The highest BCUT2D eigenvalue weighted by Crippen LogP contribution is 2.11. The first-order chi connectivity index (χ1) is 5.43. The summed E-state index contributed by atoms with van der Waals surface area (Å²) in [5.74, 6) is 2.25. The normalized spacial score (nSPS) is 12.5. The zero-order valence-electron chi connectivity index (χ0n) is 7.32. The summed E-state index contributed by atoms with van der Waals surface area (Å²) in [6.45, 7) is 3.91. The third-order valence-corrected chi connectivity index (χ3v) is 3.65. The van der Waals surface area contributed by atoms with E-state index >= 15 is 0 Å². The quantitative estimate of drug-likeness (QED) is 0.395. The third kappa shape index (κ3) is 1.97. The summed E-state index contributed by atoms with van der Waals surface area (Å²) in [5.41, 5.74) is 0. The van der Waals surface area contributed by atoms with Crippen molar-refractivity contribution < 1.29 is 16.9 Å². The maximum absolute atomic E-state index is 10.9. The Bertz CT molecular complexity index is 272. The first-order valence-electron chi connectivity index (χ1n) is 3.70. The molecule has 0 bridgehead atoms. The zero-order valence-corrected chi connectivity index (χ0v) is 8.13. The second-order valence-corrected chi connectivity index (χ2v) is 4.17. The molecule has 0 amide bonds. The molecule has 0 aliphatic heterocycles. The number of hydrogen-bond donors (Lipinski definition) is 1. The van der Waals surface area contributed by atoms with Crippen LogP contribution in [0.25, 0.3) is 0 Å². The average Bonchev–Trinajstić information content (AvgIpc) is 1.98. The van der Waals surface area contributed by atoms with E-state index in [-0.39, 0.29) is 19.6 Å². The van der Waals surface area contributed by atoms with Crippen molar-refractivity contribution in [3.63, 3.8) is 0 Å². The summed E-state index contributed by atoms with van der Waals surface area (Å²) in [5, 5.41) is 0. The van der Waals surface area contributed by atoms with E-state index in [1.807, 2.05) is 0 Å². The SMILES string of the molecule is C#CC[N+](CC)(CC)S(=O)(=O)O. The molecule has 0 unspecified atom stereocenters. The van der Waals surface area contributed by atoms with Crippen molar-refractivity contribution >= 4 is 10.3 Å². The van der Waals surface area contributed by atoms with Crippen molar-refractivity contribution in [1.29, 1.82) is 0 Å². The van der Waals surface area contributed by atoms with E-state index in [1.165, 1.54) is 0 Å². The molecule has 0 saturated carbocycles. The van der Waals surface area contributed by atoms with Crippen molar-refractivity contribution in [2.75, 3.05) is 19.6 Å². The summed E-state index contributed by atoms with van der Waals surface area (Å²) in [6.07, 6.45) is 5.02. The van der Waals surface area contributed by atoms with E-state index in [9.17, 15) is 8.42 Å². The van der Waals surface area contributed by atoms with Gasteiger partial charge in [-0.2, -0.15) is 3.89 Å². The minimum Gasteiger partial charge on any atom is -0.241 e. The highest BCUT2D eigenvalue weighted by atomic mass is 32.2. The second-order valence-electron chi connectivity index (χ2n) is 2.50. The molecule has 4 nitrogen and oxygen atoms in total. The Labute approximate surface area is 73.7 Å². The van der Waals surface area contributed by atoms with Gasteiger partial charge in [0.25, 0.3) is 0 Å². The number of terminal acetylenes is 1. The molecule has 0 aromatic rings. The van der Waals surface area contributed by atoms with E-state index in [0.29, 0.717) is 0 Å². The van der Waals surface area contributed by atoms with Crippen LogP contribution in [0, 0.1) is 12.3 Å². The molecule has 12 heavy (non-hydrogen) atoms. The van der Waals surface area contributed by atoms with Crippen molar-refractivity contribution in [2.24, 2.45) is 0 Å². The van der Waals surface area contributed by atoms with Crippen molar-refractivity contribution in [2.45, 2.75) is 13.8 Å². The molecule has 0 rings (SSSR count). The smallest absolute Gasteiger partial charge is 0.241 e. The molecule has 0 atom stereocenters. The monoisotopic (exact) mass is 192 g/mol. The predicted molar refractivity (Wildman–Crippen MR) is 46.6 cm³/mol. The van der Waals surface area contributed by atoms with E-state index in [4.69, 9.17) is 11.0 Å². The van der Waals surface area contributed by atoms with Crippen molar-refractivity contribution in [3.05, 3.63) is 0 Å². The molecule has 70 valence electrons. The number of rotatable bonds is 4. The van der Waals surface area contributed by atoms with Crippen LogP contribution < -0.4 is 0 Å².